The molecule has 0 aromatic heterocycles. The predicted octanol–water partition coefficient (Wildman–Crippen LogP) is 4.89. The molecule has 0 amide bonds. The Labute approximate surface area is 155 Å². The summed E-state index contributed by atoms with van der Waals surface area (Å²) in [5, 5.41) is 6.84. The van der Waals surface area contributed by atoms with Crippen LogP contribution in [0.5, 0.6) is 0 Å². The van der Waals surface area contributed by atoms with Gasteiger partial charge in [-0.2, -0.15) is 0 Å². The molecule has 0 atom stereocenters. The fraction of sp³-hybridized carbons (Fsp3) is 0.364. The highest BCUT2D eigenvalue weighted by molar-refractivity contribution is 6.30. The molecular weight excluding hydrogens is 324 g/mol. The van der Waals surface area contributed by atoms with Crippen molar-refractivity contribution >= 4 is 22.9 Å². The summed E-state index contributed by atoms with van der Waals surface area (Å²) in [5.41, 5.74) is 3.65. The monoisotopic (exact) mass is 350 g/mol. The molecule has 0 radical (unpaired) electrons. The highest BCUT2D eigenvalue weighted by Gasteiger charge is 2.32. The van der Waals surface area contributed by atoms with E-state index in [1.165, 1.54) is 0 Å². The minimum atomic E-state index is -0.0756. The summed E-state index contributed by atoms with van der Waals surface area (Å²) in [5.74, 6) is -0.151. The summed E-state index contributed by atoms with van der Waals surface area (Å²) in [6.07, 6.45) is 4.23. The molecule has 4 heteroatoms. The minimum absolute atomic E-state index is 0.0751. The first-order valence-electron chi connectivity index (χ1n) is 9.52. The number of unbranched alkanes of at least 4 members (excludes halogenated alkanes) is 2. The van der Waals surface area contributed by atoms with Gasteiger partial charge in [0.2, 0.25) is 0 Å². The Balaban J connectivity index is 2.06. The minimum Gasteiger partial charge on any atom is -0.383 e. The van der Waals surface area contributed by atoms with Gasteiger partial charge in [-0.15, -0.1) is 0 Å². The fourth-order valence-electron chi connectivity index (χ4n) is 3.31. The molecule has 0 bridgehead atoms. The topological polar surface area (TPSA) is 58.2 Å². The van der Waals surface area contributed by atoms with Crippen LogP contribution in [-0.2, 0) is 0 Å². The van der Waals surface area contributed by atoms with Crippen LogP contribution in [0.2, 0.25) is 0 Å². The first kappa shape index (κ1) is 18.2. The molecule has 2 aromatic carbocycles. The highest BCUT2D eigenvalue weighted by atomic mass is 16.1. The molecule has 0 fully saturated rings. The number of ketones is 2. The van der Waals surface area contributed by atoms with Crippen molar-refractivity contribution in [3.8, 4) is 0 Å². The number of nitrogens with one attached hydrogen (secondary N) is 2. The van der Waals surface area contributed by atoms with Crippen LogP contribution in [0.4, 0.5) is 11.4 Å². The quantitative estimate of drug-likeness (QED) is 0.568. The molecule has 26 heavy (non-hydrogen) atoms. The van der Waals surface area contributed by atoms with Crippen molar-refractivity contribution in [2.45, 2.75) is 39.5 Å². The van der Waals surface area contributed by atoms with Gasteiger partial charge in [0, 0.05) is 29.8 Å². The second-order valence-corrected chi connectivity index (χ2v) is 6.68. The van der Waals surface area contributed by atoms with E-state index in [1.54, 1.807) is 24.3 Å². The third-order valence-corrected chi connectivity index (χ3v) is 4.77. The van der Waals surface area contributed by atoms with E-state index in [4.69, 9.17) is 0 Å². The van der Waals surface area contributed by atoms with E-state index in [0.29, 0.717) is 22.3 Å². The van der Waals surface area contributed by atoms with E-state index >= 15 is 0 Å². The lowest BCUT2D eigenvalue weighted by molar-refractivity contribution is 0.0979. The van der Waals surface area contributed by atoms with Gasteiger partial charge >= 0.3 is 0 Å². The summed E-state index contributed by atoms with van der Waals surface area (Å²) in [6.45, 7) is 5.90. The van der Waals surface area contributed by atoms with Crippen LogP contribution < -0.4 is 10.6 Å². The Morgan fingerprint density at radius 2 is 1.35 bits per heavy atom. The summed E-state index contributed by atoms with van der Waals surface area (Å²) in [6, 6.07) is 10.8. The van der Waals surface area contributed by atoms with Gasteiger partial charge in [0.15, 0.2) is 11.6 Å². The van der Waals surface area contributed by atoms with E-state index < -0.39 is 0 Å². The second kappa shape index (κ2) is 8.17. The lowest BCUT2D eigenvalue weighted by Crippen LogP contribution is -2.23. The van der Waals surface area contributed by atoms with E-state index in [2.05, 4.69) is 24.5 Å². The highest BCUT2D eigenvalue weighted by Crippen LogP contribution is 2.36. The van der Waals surface area contributed by atoms with Crippen molar-refractivity contribution in [3.05, 3.63) is 58.7 Å². The summed E-state index contributed by atoms with van der Waals surface area (Å²) in [4.78, 5) is 26.1. The predicted molar refractivity (Wildman–Crippen MR) is 107 cm³/mol. The zero-order valence-corrected chi connectivity index (χ0v) is 15.5. The Bertz CT molecular complexity index is 827. The lowest BCUT2D eigenvalue weighted by Gasteiger charge is -2.23. The van der Waals surface area contributed by atoms with Crippen LogP contribution in [-0.4, -0.2) is 24.7 Å². The van der Waals surface area contributed by atoms with Gasteiger partial charge in [0.05, 0.1) is 16.9 Å². The van der Waals surface area contributed by atoms with Crippen LogP contribution >= 0.6 is 0 Å². The number of hydrogen-bond donors (Lipinski definition) is 2. The Morgan fingerprint density at radius 3 is 2.00 bits per heavy atom. The molecule has 1 aliphatic rings. The zero-order valence-electron chi connectivity index (χ0n) is 15.5. The molecule has 0 saturated carbocycles. The van der Waals surface area contributed by atoms with E-state index in [-0.39, 0.29) is 11.6 Å². The van der Waals surface area contributed by atoms with Crippen molar-refractivity contribution in [3.63, 3.8) is 0 Å². The number of anilines is 2. The zero-order chi connectivity index (χ0) is 18.5. The van der Waals surface area contributed by atoms with Crippen molar-refractivity contribution in [2.75, 3.05) is 23.7 Å². The van der Waals surface area contributed by atoms with Gasteiger partial charge in [-0.05, 0) is 25.0 Å². The maximum Gasteiger partial charge on any atom is 0.196 e. The Kier molecular flexibility index (Phi) is 5.71. The molecule has 3 rings (SSSR count). The van der Waals surface area contributed by atoms with Gasteiger partial charge in [0.25, 0.3) is 0 Å². The normalized spacial score (nSPS) is 12.5. The van der Waals surface area contributed by atoms with Crippen molar-refractivity contribution in [1.29, 1.82) is 0 Å². The SMILES string of the molecule is CCCCNc1ccc2c(c1NCCCC)C(=O)c1ccccc1C2=O. The summed E-state index contributed by atoms with van der Waals surface area (Å²) in [7, 11) is 0. The Hall–Kier alpha value is -2.62. The summed E-state index contributed by atoms with van der Waals surface area (Å²) < 4.78 is 0. The van der Waals surface area contributed by atoms with E-state index in [9.17, 15) is 9.59 Å². The summed E-state index contributed by atoms with van der Waals surface area (Å²) >= 11 is 0. The lowest BCUT2D eigenvalue weighted by atomic mass is 9.82. The van der Waals surface area contributed by atoms with Gasteiger partial charge < -0.3 is 10.6 Å². The maximum absolute atomic E-state index is 13.2. The Morgan fingerprint density at radius 1 is 0.731 bits per heavy atom. The molecule has 0 spiro atoms. The number of carbonyl (C=O) groups is 2. The number of rotatable bonds is 8. The third-order valence-electron chi connectivity index (χ3n) is 4.77. The van der Waals surface area contributed by atoms with Crippen molar-refractivity contribution in [2.24, 2.45) is 0 Å². The van der Waals surface area contributed by atoms with E-state index in [1.807, 2.05) is 12.1 Å². The van der Waals surface area contributed by atoms with Crippen molar-refractivity contribution in [1.82, 2.24) is 0 Å². The van der Waals surface area contributed by atoms with Crippen LogP contribution in [0.1, 0.15) is 71.4 Å². The molecule has 0 heterocycles. The average Bonchev–Trinajstić information content (AvgIpc) is 2.67. The number of carbonyl (C=O) groups excluding carboxylic acids is 2. The fourth-order valence-corrected chi connectivity index (χ4v) is 3.31. The molecular formula is C22H26N2O2. The molecule has 2 aromatic rings. The number of hydrogen-bond acceptors (Lipinski definition) is 4. The third kappa shape index (κ3) is 3.36. The molecule has 0 unspecified atom stereocenters. The van der Waals surface area contributed by atoms with Gasteiger partial charge in [-0.3, -0.25) is 9.59 Å². The maximum atomic E-state index is 13.2. The number of benzene rings is 2. The largest absolute Gasteiger partial charge is 0.383 e. The van der Waals surface area contributed by atoms with Crippen LogP contribution in [0.15, 0.2) is 36.4 Å². The average molecular weight is 350 g/mol. The molecule has 0 aliphatic heterocycles. The molecule has 136 valence electrons. The first-order chi connectivity index (χ1) is 12.7. The van der Waals surface area contributed by atoms with Crippen LogP contribution in [0, 0.1) is 0 Å². The standard InChI is InChI=1S/C22H26N2O2/c1-3-5-13-23-18-12-11-17-19(20(18)24-14-6-4-2)22(26)16-10-8-7-9-15(16)21(17)25/h7-12,23-24H,3-6,13-14H2,1-2H3. The van der Waals surface area contributed by atoms with Gasteiger partial charge in [-0.1, -0.05) is 51.0 Å². The van der Waals surface area contributed by atoms with Gasteiger partial charge in [-0.25, -0.2) is 0 Å². The molecule has 1 aliphatic carbocycles. The first-order valence-corrected chi connectivity index (χ1v) is 9.52. The van der Waals surface area contributed by atoms with Gasteiger partial charge in [0.1, 0.15) is 0 Å². The smallest absolute Gasteiger partial charge is 0.196 e. The molecule has 2 N–H and O–H groups in total. The van der Waals surface area contributed by atoms with Crippen LogP contribution in [0.25, 0.3) is 0 Å². The second-order valence-electron chi connectivity index (χ2n) is 6.68. The van der Waals surface area contributed by atoms with Crippen LogP contribution in [0.3, 0.4) is 0 Å². The molecule has 0 saturated heterocycles. The van der Waals surface area contributed by atoms with Crippen molar-refractivity contribution < 1.29 is 9.59 Å². The number of fused-ring (bicyclic) bond motifs is 2. The molecule has 4 nitrogen and oxygen atoms in total. The van der Waals surface area contributed by atoms with E-state index in [0.717, 1.165) is 50.1 Å².